The third kappa shape index (κ3) is 8.73. The summed E-state index contributed by atoms with van der Waals surface area (Å²) in [4.78, 5) is 25.8. The highest BCUT2D eigenvalue weighted by Crippen LogP contribution is 2.25. The second-order valence-corrected chi connectivity index (χ2v) is 8.31. The van der Waals surface area contributed by atoms with Crippen molar-refractivity contribution in [2.24, 2.45) is 5.41 Å². The van der Waals surface area contributed by atoms with E-state index in [2.05, 4.69) is 27.4 Å². The molecule has 1 amide bonds. The molecule has 4 nitrogen and oxygen atoms in total. The molecule has 0 unspecified atom stereocenters. The predicted octanol–water partition coefficient (Wildman–Crippen LogP) is 5.95. The number of hydrogen-bond acceptors (Lipinski definition) is 3. The minimum Gasteiger partial charge on any atom is -0.486 e. The standard InChI is InChI=1S/C22H31NO3.C2H6/c1-17-12-14-23(21(25)15-17)18-8-10-20(11-9-18)26-16-19(24)7-5-6-13-22(2,3)4;1-2/h8-11H,1,5-7,12-16H2,2-4H3;1-2H3. The van der Waals surface area contributed by atoms with Crippen LogP contribution in [0.2, 0.25) is 0 Å². The van der Waals surface area contributed by atoms with Crippen LogP contribution in [-0.4, -0.2) is 24.8 Å². The zero-order valence-corrected chi connectivity index (χ0v) is 18.3. The first-order valence-electron chi connectivity index (χ1n) is 10.5. The van der Waals surface area contributed by atoms with Gasteiger partial charge in [0.2, 0.25) is 5.91 Å². The summed E-state index contributed by atoms with van der Waals surface area (Å²) in [5.74, 6) is 0.874. The van der Waals surface area contributed by atoms with Gasteiger partial charge in [-0.15, -0.1) is 0 Å². The molecular weight excluding hydrogens is 350 g/mol. The van der Waals surface area contributed by atoms with Crippen LogP contribution < -0.4 is 9.64 Å². The Morgan fingerprint density at radius 1 is 1.14 bits per heavy atom. The van der Waals surface area contributed by atoms with Crippen molar-refractivity contribution in [1.82, 2.24) is 0 Å². The van der Waals surface area contributed by atoms with Crippen molar-refractivity contribution in [3.8, 4) is 5.75 Å². The number of carbonyl (C=O) groups excluding carboxylic acids is 2. The molecule has 4 heteroatoms. The Bertz CT molecular complexity index is 641. The summed E-state index contributed by atoms with van der Waals surface area (Å²) in [6, 6.07) is 7.38. The fraction of sp³-hybridized carbons (Fsp3) is 0.583. The molecule has 1 aliphatic rings. The summed E-state index contributed by atoms with van der Waals surface area (Å²) in [6.07, 6.45) is 4.95. The lowest BCUT2D eigenvalue weighted by molar-refractivity contribution is -0.121. The molecule has 1 aromatic carbocycles. The van der Waals surface area contributed by atoms with E-state index in [4.69, 9.17) is 4.74 Å². The maximum Gasteiger partial charge on any atom is 0.231 e. The van der Waals surface area contributed by atoms with Crippen LogP contribution in [-0.2, 0) is 9.59 Å². The number of carbonyl (C=O) groups is 2. The van der Waals surface area contributed by atoms with E-state index in [1.54, 1.807) is 4.90 Å². The van der Waals surface area contributed by atoms with E-state index in [9.17, 15) is 9.59 Å². The average Bonchev–Trinajstić information content (AvgIpc) is 2.65. The van der Waals surface area contributed by atoms with Gasteiger partial charge in [-0.2, -0.15) is 0 Å². The van der Waals surface area contributed by atoms with E-state index in [0.717, 1.165) is 36.9 Å². The molecule has 1 aromatic rings. The quantitative estimate of drug-likeness (QED) is 0.409. The van der Waals surface area contributed by atoms with Gasteiger partial charge in [0.15, 0.2) is 5.78 Å². The third-order valence-electron chi connectivity index (χ3n) is 4.57. The maximum absolute atomic E-state index is 12.1. The number of Topliss-reactive ketones (excluding diaryl/α,β-unsaturated/α-hetero) is 1. The lowest BCUT2D eigenvalue weighted by atomic mass is 9.89. The summed E-state index contributed by atoms with van der Waals surface area (Å²) in [5.41, 5.74) is 2.18. The first-order chi connectivity index (χ1) is 13.2. The first kappa shape index (κ1) is 23.9. The molecule has 1 aliphatic heterocycles. The molecule has 0 radical (unpaired) electrons. The molecular formula is C24H37NO3. The zero-order valence-electron chi connectivity index (χ0n) is 18.3. The van der Waals surface area contributed by atoms with Crippen molar-refractivity contribution in [2.45, 2.75) is 73.1 Å². The van der Waals surface area contributed by atoms with Crippen LogP contribution in [0.1, 0.15) is 73.1 Å². The highest BCUT2D eigenvalue weighted by molar-refractivity contribution is 5.95. The fourth-order valence-electron chi connectivity index (χ4n) is 3.00. The summed E-state index contributed by atoms with van der Waals surface area (Å²) >= 11 is 0. The number of anilines is 1. The van der Waals surface area contributed by atoms with Crippen LogP contribution in [0.4, 0.5) is 5.69 Å². The monoisotopic (exact) mass is 387 g/mol. The maximum atomic E-state index is 12.1. The number of amides is 1. The highest BCUT2D eigenvalue weighted by atomic mass is 16.5. The smallest absolute Gasteiger partial charge is 0.231 e. The molecule has 156 valence electrons. The van der Waals surface area contributed by atoms with Crippen LogP contribution in [0, 0.1) is 5.41 Å². The molecule has 0 spiro atoms. The molecule has 0 aromatic heterocycles. The largest absolute Gasteiger partial charge is 0.486 e. The van der Waals surface area contributed by atoms with E-state index < -0.39 is 0 Å². The lowest BCUT2D eigenvalue weighted by Gasteiger charge is -2.28. The van der Waals surface area contributed by atoms with Gasteiger partial charge < -0.3 is 9.64 Å². The average molecular weight is 388 g/mol. The Balaban J connectivity index is 0.00000190. The number of benzene rings is 1. The Morgan fingerprint density at radius 2 is 1.79 bits per heavy atom. The number of ether oxygens (including phenoxy) is 1. The minimum absolute atomic E-state index is 0.0837. The second kappa shape index (κ2) is 11.7. The van der Waals surface area contributed by atoms with Crippen molar-refractivity contribution in [1.29, 1.82) is 0 Å². The summed E-state index contributed by atoms with van der Waals surface area (Å²) < 4.78 is 5.58. The van der Waals surface area contributed by atoms with Gasteiger partial charge in [-0.25, -0.2) is 0 Å². The van der Waals surface area contributed by atoms with E-state index in [1.807, 2.05) is 38.1 Å². The number of unbranched alkanes of at least 4 members (excludes halogenated alkanes) is 1. The van der Waals surface area contributed by atoms with Crippen LogP contribution in [0.5, 0.6) is 5.75 Å². The zero-order chi connectivity index (χ0) is 21.2. The number of piperidine rings is 1. The van der Waals surface area contributed by atoms with Gasteiger partial charge in [-0.05, 0) is 48.9 Å². The van der Waals surface area contributed by atoms with E-state index in [1.165, 1.54) is 0 Å². The molecule has 0 aliphatic carbocycles. The second-order valence-electron chi connectivity index (χ2n) is 8.31. The first-order valence-corrected chi connectivity index (χ1v) is 10.5. The number of hydrogen-bond donors (Lipinski definition) is 0. The van der Waals surface area contributed by atoms with Crippen molar-refractivity contribution >= 4 is 17.4 Å². The Hall–Kier alpha value is -2.10. The fourth-order valence-corrected chi connectivity index (χ4v) is 3.00. The molecule has 2 rings (SSSR count). The summed E-state index contributed by atoms with van der Waals surface area (Å²) in [7, 11) is 0. The van der Waals surface area contributed by atoms with Crippen LogP contribution in [0.3, 0.4) is 0 Å². The number of nitrogens with zero attached hydrogens (tertiary/aromatic N) is 1. The van der Waals surface area contributed by atoms with Gasteiger partial charge in [0, 0.05) is 25.1 Å². The van der Waals surface area contributed by atoms with Crippen LogP contribution >= 0.6 is 0 Å². The van der Waals surface area contributed by atoms with Crippen LogP contribution in [0.25, 0.3) is 0 Å². The van der Waals surface area contributed by atoms with Gasteiger partial charge in [-0.1, -0.05) is 53.2 Å². The third-order valence-corrected chi connectivity index (χ3v) is 4.57. The summed E-state index contributed by atoms with van der Waals surface area (Å²) in [6.45, 7) is 15.3. The van der Waals surface area contributed by atoms with Crippen molar-refractivity contribution < 1.29 is 14.3 Å². The van der Waals surface area contributed by atoms with Crippen LogP contribution in [0.15, 0.2) is 36.4 Å². The normalized spacial score (nSPS) is 14.4. The minimum atomic E-state index is 0.0837. The number of rotatable bonds is 8. The molecule has 1 fully saturated rings. The van der Waals surface area contributed by atoms with Crippen molar-refractivity contribution in [2.75, 3.05) is 18.1 Å². The Labute approximate surface area is 171 Å². The van der Waals surface area contributed by atoms with Gasteiger partial charge in [0.05, 0.1) is 0 Å². The SMILES string of the molecule is C=C1CCN(c2ccc(OCC(=O)CCCCC(C)(C)C)cc2)C(=O)C1.CC. The highest BCUT2D eigenvalue weighted by Gasteiger charge is 2.21. The molecule has 1 heterocycles. The molecule has 0 bridgehead atoms. The topological polar surface area (TPSA) is 46.6 Å². The van der Waals surface area contributed by atoms with Crippen molar-refractivity contribution in [3.05, 3.63) is 36.4 Å². The Morgan fingerprint density at radius 3 is 2.36 bits per heavy atom. The van der Waals surface area contributed by atoms with Gasteiger partial charge in [0.1, 0.15) is 12.4 Å². The van der Waals surface area contributed by atoms with E-state index in [-0.39, 0.29) is 18.3 Å². The molecule has 0 saturated carbocycles. The molecule has 1 saturated heterocycles. The number of ketones is 1. The van der Waals surface area contributed by atoms with Gasteiger partial charge >= 0.3 is 0 Å². The van der Waals surface area contributed by atoms with E-state index >= 15 is 0 Å². The predicted molar refractivity (Wildman–Crippen MR) is 117 cm³/mol. The lowest BCUT2D eigenvalue weighted by Crippen LogP contribution is -2.35. The summed E-state index contributed by atoms with van der Waals surface area (Å²) in [5, 5.41) is 0. The van der Waals surface area contributed by atoms with Gasteiger partial charge in [-0.3, -0.25) is 9.59 Å². The van der Waals surface area contributed by atoms with E-state index in [0.29, 0.717) is 30.6 Å². The van der Waals surface area contributed by atoms with Crippen molar-refractivity contribution in [3.63, 3.8) is 0 Å². The Kier molecular flexibility index (Phi) is 9.98. The molecule has 0 atom stereocenters. The van der Waals surface area contributed by atoms with Gasteiger partial charge in [0.25, 0.3) is 0 Å². The molecule has 0 N–H and O–H groups in total. The molecule has 28 heavy (non-hydrogen) atoms.